The van der Waals surface area contributed by atoms with Gasteiger partial charge in [0.2, 0.25) is 15.9 Å². The van der Waals surface area contributed by atoms with Crippen LogP contribution in [0, 0.1) is 0 Å². The Morgan fingerprint density at radius 1 is 1.57 bits per heavy atom. The van der Waals surface area contributed by atoms with E-state index >= 15 is 0 Å². The monoisotopic (exact) mass is 377 g/mol. The van der Waals surface area contributed by atoms with E-state index in [1.807, 2.05) is 0 Å². The van der Waals surface area contributed by atoms with E-state index in [0.29, 0.717) is 11.0 Å². The fourth-order valence-corrected chi connectivity index (χ4v) is 4.11. The molecule has 0 radical (unpaired) electrons. The van der Waals surface area contributed by atoms with Crippen molar-refractivity contribution in [2.24, 2.45) is 0 Å². The van der Waals surface area contributed by atoms with E-state index in [9.17, 15) is 13.2 Å². The molecule has 2 heterocycles. The molecule has 1 aromatic heterocycles. The van der Waals surface area contributed by atoms with Crippen molar-refractivity contribution in [3.05, 3.63) is 22.9 Å². The molecule has 1 N–H and O–H groups in total. The molecule has 1 atom stereocenters. The quantitative estimate of drug-likeness (QED) is 0.818. The molecule has 1 aromatic rings. The summed E-state index contributed by atoms with van der Waals surface area (Å²) < 4.78 is 32.4. The smallest absolute Gasteiger partial charge is 0.245 e. The molecule has 9 heteroatoms. The van der Waals surface area contributed by atoms with Gasteiger partial charge in [-0.15, -0.1) is 0 Å². The van der Waals surface area contributed by atoms with Gasteiger partial charge in [0.05, 0.1) is 13.2 Å². The van der Waals surface area contributed by atoms with Crippen molar-refractivity contribution in [2.75, 3.05) is 26.3 Å². The fraction of sp³-hybridized carbons (Fsp3) is 0.500. The van der Waals surface area contributed by atoms with Gasteiger partial charge in [-0.2, -0.15) is 4.31 Å². The van der Waals surface area contributed by atoms with E-state index in [4.69, 9.17) is 4.74 Å². The number of likely N-dealkylation sites (N-methyl/N-ethyl adjacent to an activating group) is 1. The van der Waals surface area contributed by atoms with Gasteiger partial charge in [0, 0.05) is 30.0 Å². The van der Waals surface area contributed by atoms with Crippen LogP contribution in [0.15, 0.2) is 27.8 Å². The van der Waals surface area contributed by atoms with Crippen molar-refractivity contribution in [1.82, 2.24) is 14.6 Å². The lowest BCUT2D eigenvalue weighted by Crippen LogP contribution is -2.55. The zero-order valence-corrected chi connectivity index (χ0v) is 13.9. The minimum Gasteiger partial charge on any atom is -0.378 e. The highest BCUT2D eigenvalue weighted by atomic mass is 79.9. The predicted molar refractivity (Wildman–Crippen MR) is 79.1 cm³/mol. The zero-order valence-electron chi connectivity index (χ0n) is 11.5. The number of sulfonamides is 1. The number of carbonyl (C=O) groups is 1. The Morgan fingerprint density at radius 3 is 3.00 bits per heavy atom. The minimum atomic E-state index is -3.80. The molecule has 1 fully saturated rings. The van der Waals surface area contributed by atoms with E-state index in [2.05, 4.69) is 26.2 Å². The number of morpholine rings is 1. The third kappa shape index (κ3) is 3.60. The van der Waals surface area contributed by atoms with Crippen molar-refractivity contribution in [1.29, 1.82) is 0 Å². The first-order chi connectivity index (χ1) is 9.96. The van der Waals surface area contributed by atoms with Crippen LogP contribution in [-0.4, -0.2) is 56.0 Å². The molecule has 1 aliphatic heterocycles. The second-order valence-electron chi connectivity index (χ2n) is 4.44. The molecular weight excluding hydrogens is 362 g/mol. The molecule has 2 rings (SSSR count). The molecule has 0 bridgehead atoms. The van der Waals surface area contributed by atoms with Gasteiger partial charge in [0.25, 0.3) is 0 Å². The van der Waals surface area contributed by atoms with Gasteiger partial charge in [0.15, 0.2) is 0 Å². The Bertz CT molecular complexity index is 623. The highest BCUT2D eigenvalue weighted by molar-refractivity contribution is 9.10. The van der Waals surface area contributed by atoms with E-state index in [1.165, 1.54) is 22.8 Å². The molecule has 116 valence electrons. The first-order valence-electron chi connectivity index (χ1n) is 6.44. The second kappa shape index (κ2) is 6.82. The Hall–Kier alpha value is -1.03. The van der Waals surface area contributed by atoms with Crippen LogP contribution in [0.1, 0.15) is 6.92 Å². The second-order valence-corrected chi connectivity index (χ2v) is 7.25. The number of hydrogen-bond acceptors (Lipinski definition) is 5. The molecule has 1 saturated heterocycles. The van der Waals surface area contributed by atoms with Gasteiger partial charge >= 0.3 is 0 Å². The van der Waals surface area contributed by atoms with Crippen LogP contribution in [0.3, 0.4) is 0 Å². The molecule has 0 aromatic carbocycles. The Balaban J connectivity index is 2.34. The van der Waals surface area contributed by atoms with Crippen LogP contribution in [0.4, 0.5) is 0 Å². The third-order valence-corrected chi connectivity index (χ3v) is 5.33. The lowest BCUT2D eigenvalue weighted by Gasteiger charge is -2.33. The van der Waals surface area contributed by atoms with Crippen LogP contribution in [0.2, 0.25) is 0 Å². The summed E-state index contributed by atoms with van der Waals surface area (Å²) in [5.41, 5.74) is 0. The first-order valence-corrected chi connectivity index (χ1v) is 8.68. The molecule has 1 amide bonds. The number of rotatable bonds is 4. The van der Waals surface area contributed by atoms with Crippen LogP contribution in [0.25, 0.3) is 0 Å². The van der Waals surface area contributed by atoms with Crippen LogP contribution >= 0.6 is 15.9 Å². The largest absolute Gasteiger partial charge is 0.378 e. The highest BCUT2D eigenvalue weighted by Gasteiger charge is 2.38. The predicted octanol–water partition coefficient (Wildman–Crippen LogP) is 0.370. The average molecular weight is 378 g/mol. The zero-order chi connectivity index (χ0) is 15.5. The Kier molecular flexibility index (Phi) is 5.31. The summed E-state index contributed by atoms with van der Waals surface area (Å²) >= 11 is 3.20. The summed E-state index contributed by atoms with van der Waals surface area (Å²) in [6.07, 6.45) is 2.77. The topological polar surface area (TPSA) is 88.6 Å². The lowest BCUT2D eigenvalue weighted by atomic mass is 10.2. The SMILES string of the molecule is CCNC(=O)C1COCCN1S(=O)(=O)c1cncc(Br)c1. The van der Waals surface area contributed by atoms with Crippen LogP contribution in [0.5, 0.6) is 0 Å². The number of hydrogen-bond donors (Lipinski definition) is 1. The summed E-state index contributed by atoms with van der Waals surface area (Å²) in [4.78, 5) is 15.9. The molecule has 1 unspecified atom stereocenters. The summed E-state index contributed by atoms with van der Waals surface area (Å²) in [6, 6.07) is 0.606. The maximum Gasteiger partial charge on any atom is 0.245 e. The van der Waals surface area contributed by atoms with Crippen molar-refractivity contribution in [3.8, 4) is 0 Å². The number of nitrogens with one attached hydrogen (secondary N) is 1. The van der Waals surface area contributed by atoms with Gasteiger partial charge in [-0.25, -0.2) is 8.42 Å². The maximum absolute atomic E-state index is 12.7. The highest BCUT2D eigenvalue weighted by Crippen LogP contribution is 2.22. The number of ether oxygens (including phenoxy) is 1. The van der Waals surface area contributed by atoms with E-state index in [-0.39, 0.29) is 30.6 Å². The van der Waals surface area contributed by atoms with Crippen LogP contribution < -0.4 is 5.32 Å². The number of pyridine rings is 1. The van der Waals surface area contributed by atoms with Crippen molar-refractivity contribution < 1.29 is 17.9 Å². The number of halogens is 1. The van der Waals surface area contributed by atoms with Gasteiger partial charge < -0.3 is 10.1 Å². The fourth-order valence-electron chi connectivity index (χ4n) is 2.04. The number of amides is 1. The molecule has 0 spiro atoms. The molecule has 0 aliphatic carbocycles. The van der Waals surface area contributed by atoms with Crippen molar-refractivity contribution in [3.63, 3.8) is 0 Å². The molecule has 0 saturated carbocycles. The van der Waals surface area contributed by atoms with Crippen LogP contribution in [-0.2, 0) is 19.6 Å². The van der Waals surface area contributed by atoms with E-state index in [0.717, 1.165) is 0 Å². The molecule has 7 nitrogen and oxygen atoms in total. The third-order valence-electron chi connectivity index (χ3n) is 3.02. The Morgan fingerprint density at radius 2 is 2.33 bits per heavy atom. The number of nitrogens with zero attached hydrogens (tertiary/aromatic N) is 2. The molecule has 21 heavy (non-hydrogen) atoms. The lowest BCUT2D eigenvalue weighted by molar-refractivity contribution is -0.129. The first kappa shape index (κ1) is 16.3. The summed E-state index contributed by atoms with van der Waals surface area (Å²) in [5, 5.41) is 2.63. The van der Waals surface area contributed by atoms with E-state index < -0.39 is 16.1 Å². The van der Waals surface area contributed by atoms with Gasteiger partial charge in [-0.1, -0.05) is 0 Å². The maximum atomic E-state index is 12.7. The van der Waals surface area contributed by atoms with Gasteiger partial charge in [-0.3, -0.25) is 9.78 Å². The van der Waals surface area contributed by atoms with Gasteiger partial charge in [0.1, 0.15) is 10.9 Å². The summed E-state index contributed by atoms with van der Waals surface area (Å²) in [6.45, 7) is 2.65. The normalized spacial score (nSPS) is 20.2. The number of aromatic nitrogens is 1. The van der Waals surface area contributed by atoms with Crippen molar-refractivity contribution >= 4 is 31.9 Å². The molecular formula is C12H16BrN3O4S. The summed E-state index contributed by atoms with van der Waals surface area (Å²) in [7, 11) is -3.80. The average Bonchev–Trinajstić information content (AvgIpc) is 2.47. The van der Waals surface area contributed by atoms with Crippen molar-refractivity contribution in [2.45, 2.75) is 17.9 Å². The Labute approximate surface area is 131 Å². The molecule has 1 aliphatic rings. The standard InChI is InChI=1S/C12H16BrN3O4S/c1-2-15-12(17)11-8-20-4-3-16(11)21(18,19)10-5-9(13)6-14-7-10/h5-7,11H,2-4,8H2,1H3,(H,15,17). The summed E-state index contributed by atoms with van der Waals surface area (Å²) in [5.74, 6) is -0.358. The van der Waals surface area contributed by atoms with E-state index in [1.54, 1.807) is 6.92 Å². The number of carbonyl (C=O) groups excluding carboxylic acids is 1. The minimum absolute atomic E-state index is 0.0481. The van der Waals surface area contributed by atoms with Gasteiger partial charge in [-0.05, 0) is 28.9 Å².